The van der Waals surface area contributed by atoms with Gasteiger partial charge in [0.1, 0.15) is 4.90 Å². The van der Waals surface area contributed by atoms with Gasteiger partial charge in [-0.2, -0.15) is 4.31 Å². The van der Waals surface area contributed by atoms with Crippen molar-refractivity contribution in [1.29, 1.82) is 0 Å². The lowest BCUT2D eigenvalue weighted by atomic mass is 10.0. The number of rotatable bonds is 4. The molecule has 1 atom stereocenters. The van der Waals surface area contributed by atoms with E-state index in [1.807, 2.05) is 0 Å². The maximum absolute atomic E-state index is 12.9. The fourth-order valence-corrected chi connectivity index (χ4v) is 5.09. The van der Waals surface area contributed by atoms with Crippen LogP contribution in [0, 0.1) is 5.92 Å². The summed E-state index contributed by atoms with van der Waals surface area (Å²) < 4.78 is 31.5. The van der Waals surface area contributed by atoms with Crippen LogP contribution in [-0.2, 0) is 19.6 Å². The molecule has 7 nitrogen and oxygen atoms in total. The van der Waals surface area contributed by atoms with Crippen LogP contribution in [0.3, 0.4) is 0 Å². The summed E-state index contributed by atoms with van der Waals surface area (Å²) in [4.78, 5) is 22.7. The Labute approximate surface area is 149 Å². The molecule has 1 N–H and O–H groups in total. The van der Waals surface area contributed by atoms with Crippen molar-refractivity contribution in [3.8, 4) is 0 Å². The molecule has 0 saturated carbocycles. The van der Waals surface area contributed by atoms with Crippen LogP contribution in [0.4, 0.5) is 0 Å². The number of piperidine rings is 1. The molecular weight excluding hydrogens is 381 g/mol. The van der Waals surface area contributed by atoms with Crippen LogP contribution in [0.2, 0.25) is 10.0 Å². The second-order valence-corrected chi connectivity index (χ2v) is 8.01. The number of nitrogens with zero attached hydrogens (tertiary/aromatic N) is 1. The summed E-state index contributed by atoms with van der Waals surface area (Å²) in [6, 6.07) is 2.37. The topological polar surface area (TPSA) is 101 Å². The van der Waals surface area contributed by atoms with Gasteiger partial charge in [-0.05, 0) is 25.0 Å². The first-order valence-corrected chi connectivity index (χ1v) is 9.18. The Morgan fingerprint density at radius 3 is 2.58 bits per heavy atom. The zero-order chi connectivity index (χ0) is 18.1. The number of methoxy groups -OCH3 is 1. The van der Waals surface area contributed by atoms with Gasteiger partial charge in [0.05, 0.1) is 23.6 Å². The number of carboxylic acids is 1. The standard InChI is InChI=1S/C14H15Cl2NO6S/c1-23-14(20)10-5-9(15)6-11(16)12(10)24(21,22)17-4-2-3-8(7-17)13(18)19/h5-6,8H,2-4,7H2,1H3,(H,18,19). The quantitative estimate of drug-likeness (QED) is 0.784. The Balaban J connectivity index is 2.53. The first-order valence-electron chi connectivity index (χ1n) is 6.98. The molecule has 0 aromatic heterocycles. The molecule has 0 radical (unpaired) electrons. The Hall–Kier alpha value is -1.35. The molecule has 1 heterocycles. The molecule has 1 aliphatic rings. The van der Waals surface area contributed by atoms with Crippen molar-refractivity contribution in [1.82, 2.24) is 4.31 Å². The highest BCUT2D eigenvalue weighted by molar-refractivity contribution is 7.89. The minimum absolute atomic E-state index is 0.0846. The van der Waals surface area contributed by atoms with E-state index in [4.69, 9.17) is 28.3 Å². The van der Waals surface area contributed by atoms with Crippen LogP contribution in [-0.4, -0.2) is 50.0 Å². The second-order valence-electron chi connectivity index (χ2n) is 5.30. The third-order valence-corrected chi connectivity index (χ3v) is 6.34. The van der Waals surface area contributed by atoms with Crippen LogP contribution < -0.4 is 0 Å². The molecule has 132 valence electrons. The number of esters is 1. The Kier molecular flexibility index (Phi) is 5.74. The molecule has 24 heavy (non-hydrogen) atoms. The van der Waals surface area contributed by atoms with E-state index in [0.717, 1.165) is 17.5 Å². The van der Waals surface area contributed by atoms with Crippen molar-refractivity contribution in [2.45, 2.75) is 17.7 Å². The summed E-state index contributed by atoms with van der Waals surface area (Å²) in [5, 5.41) is 8.99. The molecule has 1 fully saturated rings. The number of carbonyl (C=O) groups excluding carboxylic acids is 1. The molecule has 1 saturated heterocycles. The zero-order valence-corrected chi connectivity index (χ0v) is 15.0. The largest absolute Gasteiger partial charge is 0.481 e. The molecule has 1 unspecified atom stereocenters. The SMILES string of the molecule is COC(=O)c1cc(Cl)cc(Cl)c1S(=O)(=O)N1CCCC(C(=O)O)C1. The van der Waals surface area contributed by atoms with Crippen LogP contribution in [0.25, 0.3) is 0 Å². The van der Waals surface area contributed by atoms with Gasteiger partial charge in [-0.15, -0.1) is 0 Å². The van der Waals surface area contributed by atoms with Crippen molar-refractivity contribution in [2.24, 2.45) is 5.92 Å². The van der Waals surface area contributed by atoms with Gasteiger partial charge in [0.2, 0.25) is 10.0 Å². The number of benzene rings is 1. The Morgan fingerprint density at radius 1 is 1.33 bits per heavy atom. The zero-order valence-electron chi connectivity index (χ0n) is 12.7. The number of hydrogen-bond donors (Lipinski definition) is 1. The number of carboxylic acid groups (broad SMARTS) is 1. The minimum atomic E-state index is -4.18. The van der Waals surface area contributed by atoms with Gasteiger partial charge in [0.15, 0.2) is 0 Å². The summed E-state index contributed by atoms with van der Waals surface area (Å²) in [5.41, 5.74) is -0.285. The van der Waals surface area contributed by atoms with Gasteiger partial charge < -0.3 is 9.84 Å². The number of carbonyl (C=O) groups is 2. The lowest BCUT2D eigenvalue weighted by Crippen LogP contribution is -2.42. The highest BCUT2D eigenvalue weighted by Gasteiger charge is 2.37. The van der Waals surface area contributed by atoms with Gasteiger partial charge in [0.25, 0.3) is 0 Å². The number of hydrogen-bond acceptors (Lipinski definition) is 5. The van der Waals surface area contributed by atoms with Crippen LogP contribution in [0.15, 0.2) is 17.0 Å². The van der Waals surface area contributed by atoms with E-state index in [-0.39, 0.29) is 28.7 Å². The predicted molar refractivity (Wildman–Crippen MR) is 86.9 cm³/mol. The third kappa shape index (κ3) is 3.66. The van der Waals surface area contributed by atoms with Crippen LogP contribution in [0.5, 0.6) is 0 Å². The number of sulfonamides is 1. The van der Waals surface area contributed by atoms with E-state index in [1.54, 1.807) is 0 Å². The summed E-state index contributed by atoms with van der Waals surface area (Å²) in [7, 11) is -3.08. The van der Waals surface area contributed by atoms with Crippen molar-refractivity contribution in [3.05, 3.63) is 27.7 Å². The van der Waals surface area contributed by atoms with Crippen molar-refractivity contribution in [3.63, 3.8) is 0 Å². The van der Waals surface area contributed by atoms with Gasteiger partial charge in [0, 0.05) is 18.1 Å². The van der Waals surface area contributed by atoms with E-state index in [2.05, 4.69) is 4.74 Å². The highest BCUT2D eigenvalue weighted by Crippen LogP contribution is 2.33. The molecule has 1 aromatic rings. The molecule has 1 aliphatic heterocycles. The number of ether oxygens (including phenoxy) is 1. The van der Waals surface area contributed by atoms with E-state index in [1.165, 1.54) is 6.07 Å². The van der Waals surface area contributed by atoms with Crippen molar-refractivity contribution >= 4 is 45.2 Å². The monoisotopic (exact) mass is 395 g/mol. The lowest BCUT2D eigenvalue weighted by molar-refractivity contribution is -0.142. The maximum atomic E-state index is 12.9. The smallest absolute Gasteiger partial charge is 0.339 e. The normalized spacial score (nSPS) is 19.0. The first-order chi connectivity index (χ1) is 11.2. The van der Waals surface area contributed by atoms with Gasteiger partial charge in [-0.25, -0.2) is 13.2 Å². The molecule has 2 rings (SSSR count). The summed E-state index contributed by atoms with van der Waals surface area (Å²) in [6.45, 7) is -0.0388. The summed E-state index contributed by atoms with van der Waals surface area (Å²) >= 11 is 11.9. The second kappa shape index (κ2) is 7.26. The predicted octanol–water partition coefficient (Wildman–Crippen LogP) is 2.27. The van der Waals surface area contributed by atoms with E-state index < -0.39 is 32.8 Å². The van der Waals surface area contributed by atoms with Crippen molar-refractivity contribution in [2.75, 3.05) is 20.2 Å². The third-order valence-electron chi connectivity index (χ3n) is 3.74. The average molecular weight is 396 g/mol. The Morgan fingerprint density at radius 2 is 2.00 bits per heavy atom. The van der Waals surface area contributed by atoms with E-state index >= 15 is 0 Å². The number of halogens is 2. The molecular formula is C14H15Cl2NO6S. The fraction of sp³-hybridized carbons (Fsp3) is 0.429. The van der Waals surface area contributed by atoms with Crippen LogP contribution >= 0.6 is 23.2 Å². The molecule has 10 heteroatoms. The molecule has 0 spiro atoms. The van der Waals surface area contributed by atoms with Crippen molar-refractivity contribution < 1.29 is 27.9 Å². The molecule has 0 aliphatic carbocycles. The molecule has 1 aromatic carbocycles. The average Bonchev–Trinajstić information content (AvgIpc) is 2.53. The summed E-state index contributed by atoms with van der Waals surface area (Å²) in [5.74, 6) is -2.77. The fourth-order valence-electron chi connectivity index (χ4n) is 2.58. The van der Waals surface area contributed by atoms with E-state index in [0.29, 0.717) is 12.8 Å². The minimum Gasteiger partial charge on any atom is -0.481 e. The van der Waals surface area contributed by atoms with E-state index in [9.17, 15) is 18.0 Å². The molecule has 0 amide bonds. The van der Waals surface area contributed by atoms with Gasteiger partial charge >= 0.3 is 11.9 Å². The highest BCUT2D eigenvalue weighted by atomic mass is 35.5. The summed E-state index contributed by atoms with van der Waals surface area (Å²) in [6.07, 6.45) is 0.786. The van der Waals surface area contributed by atoms with Gasteiger partial charge in [-0.1, -0.05) is 23.2 Å². The number of aliphatic carboxylic acids is 1. The Bertz CT molecular complexity index is 780. The van der Waals surface area contributed by atoms with Crippen LogP contribution in [0.1, 0.15) is 23.2 Å². The first kappa shape index (κ1) is 19.0. The molecule has 0 bridgehead atoms. The maximum Gasteiger partial charge on any atom is 0.339 e. The lowest BCUT2D eigenvalue weighted by Gasteiger charge is -2.30. The van der Waals surface area contributed by atoms with Gasteiger partial charge in [-0.3, -0.25) is 4.79 Å².